The molecule has 0 spiro atoms. The first kappa shape index (κ1) is 19.8. The third-order valence-corrected chi connectivity index (χ3v) is 5.63. The maximum atomic E-state index is 11.6. The fourth-order valence-electron chi connectivity index (χ4n) is 3.86. The van der Waals surface area contributed by atoms with Crippen LogP contribution >= 0.6 is 0 Å². The molecule has 0 N–H and O–H groups in total. The first-order valence-electron chi connectivity index (χ1n) is 9.22. The normalized spacial score (nSPS) is 28.7. The molecule has 2 aliphatic heterocycles. The molecule has 0 aromatic heterocycles. The minimum Gasteiger partial charge on any atom is -0.293 e. The van der Waals surface area contributed by atoms with Crippen molar-refractivity contribution in [2.45, 2.75) is 63.9 Å². The van der Waals surface area contributed by atoms with E-state index in [0.29, 0.717) is 13.0 Å². The number of likely N-dealkylation sites (tertiary alicyclic amines) is 1. The predicted octanol–water partition coefficient (Wildman–Crippen LogP) is 2.41. The van der Waals surface area contributed by atoms with E-state index in [0.717, 1.165) is 25.8 Å². The van der Waals surface area contributed by atoms with E-state index >= 15 is 0 Å². The Balaban J connectivity index is 1.73. The Kier molecular flexibility index (Phi) is 5.75. The Labute approximate surface area is 157 Å². The monoisotopic (exact) mass is 382 g/mol. The predicted molar refractivity (Wildman–Crippen MR) is 101 cm³/mol. The molecule has 0 unspecified atom stereocenters. The van der Waals surface area contributed by atoms with E-state index in [4.69, 9.17) is 9.02 Å². The topological polar surface area (TPSA) is 59.1 Å². The van der Waals surface area contributed by atoms with Gasteiger partial charge in [0.2, 0.25) is 0 Å². The Morgan fingerprint density at radius 2 is 1.92 bits per heavy atom. The Morgan fingerprint density at radius 1 is 1.23 bits per heavy atom. The summed E-state index contributed by atoms with van der Waals surface area (Å²) in [4.78, 5) is 8.55. The molecule has 7 heteroatoms. The molecule has 146 valence electrons. The summed E-state index contributed by atoms with van der Waals surface area (Å²) in [5.41, 5.74) is 1.17. The highest BCUT2D eigenvalue weighted by atomic mass is 32.2. The van der Waals surface area contributed by atoms with Crippen LogP contribution in [0.15, 0.2) is 30.3 Å². The highest BCUT2D eigenvalue weighted by molar-refractivity contribution is 7.86. The summed E-state index contributed by atoms with van der Waals surface area (Å²) >= 11 is 0. The second-order valence-corrected chi connectivity index (χ2v) is 9.95. The number of hydrogen-bond acceptors (Lipinski definition) is 6. The van der Waals surface area contributed by atoms with Gasteiger partial charge in [-0.2, -0.15) is 13.5 Å². The van der Waals surface area contributed by atoms with Crippen LogP contribution < -0.4 is 0 Å². The van der Waals surface area contributed by atoms with Crippen molar-refractivity contribution >= 4 is 10.1 Å². The quantitative estimate of drug-likeness (QED) is 0.729. The number of nitrogens with zero attached hydrogens (tertiary/aromatic N) is 2. The molecule has 0 amide bonds. The lowest BCUT2D eigenvalue weighted by molar-refractivity contribution is -0.205. The van der Waals surface area contributed by atoms with E-state index in [9.17, 15) is 8.42 Å². The zero-order valence-corrected chi connectivity index (χ0v) is 16.9. The first-order chi connectivity index (χ1) is 12.1. The van der Waals surface area contributed by atoms with E-state index < -0.39 is 10.1 Å². The number of benzene rings is 1. The van der Waals surface area contributed by atoms with Crippen LogP contribution in [-0.2, 0) is 25.7 Å². The van der Waals surface area contributed by atoms with Crippen LogP contribution in [0, 0.1) is 0 Å². The van der Waals surface area contributed by atoms with Crippen LogP contribution in [0.3, 0.4) is 0 Å². The Hall–Kier alpha value is -0.990. The van der Waals surface area contributed by atoms with Gasteiger partial charge in [-0.15, -0.1) is 0 Å². The van der Waals surface area contributed by atoms with Crippen molar-refractivity contribution in [3.8, 4) is 0 Å². The van der Waals surface area contributed by atoms with Crippen molar-refractivity contribution in [1.82, 2.24) is 9.96 Å². The van der Waals surface area contributed by atoms with Gasteiger partial charge in [-0.05, 0) is 39.2 Å². The van der Waals surface area contributed by atoms with Gasteiger partial charge in [0.05, 0.1) is 18.5 Å². The lowest BCUT2D eigenvalue weighted by atomic mass is 10.0. The fourth-order valence-corrected chi connectivity index (χ4v) is 4.50. The van der Waals surface area contributed by atoms with Crippen LogP contribution in [-0.4, -0.2) is 61.5 Å². The largest absolute Gasteiger partial charge is 0.293 e. The minimum atomic E-state index is -3.46. The molecule has 2 fully saturated rings. The molecule has 26 heavy (non-hydrogen) atoms. The minimum absolute atomic E-state index is 0.0414. The molecular formula is C19H30N2O4S. The third-order valence-electron chi connectivity index (χ3n) is 5.01. The highest BCUT2D eigenvalue weighted by Gasteiger charge is 2.44. The molecule has 1 aromatic carbocycles. The van der Waals surface area contributed by atoms with E-state index in [1.165, 1.54) is 5.56 Å². The van der Waals surface area contributed by atoms with Gasteiger partial charge in [0.1, 0.15) is 0 Å². The van der Waals surface area contributed by atoms with Crippen molar-refractivity contribution in [3.63, 3.8) is 0 Å². The summed E-state index contributed by atoms with van der Waals surface area (Å²) in [5, 5.41) is 2.04. The molecule has 0 bridgehead atoms. The van der Waals surface area contributed by atoms with Gasteiger partial charge in [0, 0.05) is 31.2 Å². The summed E-state index contributed by atoms with van der Waals surface area (Å²) in [6.45, 7) is 8.68. The summed E-state index contributed by atoms with van der Waals surface area (Å²) in [6, 6.07) is 10.4. The van der Waals surface area contributed by atoms with Crippen LogP contribution in [0.4, 0.5) is 0 Å². The van der Waals surface area contributed by atoms with Crippen molar-refractivity contribution in [3.05, 3.63) is 35.9 Å². The average Bonchev–Trinajstić information content (AvgIpc) is 3.13. The van der Waals surface area contributed by atoms with Crippen molar-refractivity contribution in [2.24, 2.45) is 0 Å². The molecule has 0 aliphatic carbocycles. The second-order valence-electron chi connectivity index (χ2n) is 8.35. The zero-order valence-electron chi connectivity index (χ0n) is 16.1. The second kappa shape index (κ2) is 7.56. The number of hydrogen-bond donors (Lipinski definition) is 0. The summed E-state index contributed by atoms with van der Waals surface area (Å²) in [7, 11) is -3.46. The van der Waals surface area contributed by atoms with E-state index in [1.807, 2.05) is 23.3 Å². The standard InChI is InChI=1S/C19H30N2O4S/c1-19(2,3)21-11-10-18(24-21)17-12-16(25-26(4,22)23)14-20(17)13-15-8-6-5-7-9-15/h5-9,16-18H,10-14H2,1-4H3/t16-,17+,18+/m1/s1. The van der Waals surface area contributed by atoms with Gasteiger partial charge in [-0.1, -0.05) is 30.3 Å². The molecule has 3 rings (SSSR count). The molecule has 2 aliphatic rings. The Morgan fingerprint density at radius 3 is 2.50 bits per heavy atom. The van der Waals surface area contributed by atoms with Crippen LogP contribution in [0.25, 0.3) is 0 Å². The molecular weight excluding hydrogens is 352 g/mol. The van der Waals surface area contributed by atoms with Crippen LogP contribution in [0.5, 0.6) is 0 Å². The maximum Gasteiger partial charge on any atom is 0.264 e. The molecule has 2 heterocycles. The smallest absolute Gasteiger partial charge is 0.264 e. The summed E-state index contributed by atoms with van der Waals surface area (Å²) < 4.78 is 28.5. The zero-order chi connectivity index (χ0) is 18.9. The molecule has 0 saturated carbocycles. The highest BCUT2D eigenvalue weighted by Crippen LogP contribution is 2.33. The van der Waals surface area contributed by atoms with Gasteiger partial charge in [-0.25, -0.2) is 0 Å². The van der Waals surface area contributed by atoms with Gasteiger partial charge in [0.25, 0.3) is 10.1 Å². The van der Waals surface area contributed by atoms with Gasteiger partial charge < -0.3 is 0 Å². The third kappa shape index (κ3) is 5.04. The van der Waals surface area contributed by atoms with Crippen LogP contribution in [0.1, 0.15) is 39.2 Å². The molecule has 6 nitrogen and oxygen atoms in total. The average molecular weight is 383 g/mol. The van der Waals surface area contributed by atoms with Gasteiger partial charge in [-0.3, -0.25) is 13.9 Å². The van der Waals surface area contributed by atoms with E-state index in [-0.39, 0.29) is 23.8 Å². The van der Waals surface area contributed by atoms with E-state index in [1.54, 1.807) is 0 Å². The molecule has 3 atom stereocenters. The van der Waals surface area contributed by atoms with Crippen molar-refractivity contribution < 1.29 is 17.4 Å². The molecule has 0 radical (unpaired) electrons. The lowest BCUT2D eigenvalue weighted by Crippen LogP contribution is -2.42. The van der Waals surface area contributed by atoms with Gasteiger partial charge >= 0.3 is 0 Å². The van der Waals surface area contributed by atoms with Gasteiger partial charge in [0.15, 0.2) is 0 Å². The maximum absolute atomic E-state index is 11.6. The lowest BCUT2D eigenvalue weighted by Gasteiger charge is -2.33. The molecule has 2 saturated heterocycles. The molecule has 1 aromatic rings. The van der Waals surface area contributed by atoms with E-state index in [2.05, 4.69) is 37.8 Å². The Bertz CT molecular complexity index is 702. The first-order valence-corrected chi connectivity index (χ1v) is 11.0. The van der Waals surface area contributed by atoms with Crippen molar-refractivity contribution in [2.75, 3.05) is 19.3 Å². The summed E-state index contributed by atoms with van der Waals surface area (Å²) in [5.74, 6) is 0. The number of rotatable bonds is 5. The number of hydroxylamine groups is 2. The summed E-state index contributed by atoms with van der Waals surface area (Å²) in [6.07, 6.45) is 2.48. The van der Waals surface area contributed by atoms with Crippen LogP contribution in [0.2, 0.25) is 0 Å². The fraction of sp³-hybridized carbons (Fsp3) is 0.684. The van der Waals surface area contributed by atoms with Crippen molar-refractivity contribution in [1.29, 1.82) is 0 Å². The SMILES string of the molecule is CC(C)(C)N1CC[C@@H]([C@@H]2C[C@@H](OS(C)(=O)=O)CN2Cc2ccccc2)O1.